The molecular formula is C17H24N2O3S. The largest absolute Gasteiger partial charge is 0.339 e. The Morgan fingerprint density at radius 2 is 1.78 bits per heavy atom. The molecule has 2 atom stereocenters. The smallest absolute Gasteiger partial charge is 0.243 e. The quantitative estimate of drug-likeness (QED) is 0.850. The molecule has 0 N–H and O–H groups in total. The third-order valence-corrected chi connectivity index (χ3v) is 6.85. The van der Waals surface area contributed by atoms with Gasteiger partial charge in [0.25, 0.3) is 0 Å². The monoisotopic (exact) mass is 336 g/mol. The van der Waals surface area contributed by atoms with E-state index in [2.05, 4.69) is 6.92 Å². The number of hydrogen-bond donors (Lipinski definition) is 0. The molecule has 2 saturated heterocycles. The van der Waals surface area contributed by atoms with Crippen molar-refractivity contribution in [3.63, 3.8) is 0 Å². The molecule has 1 amide bonds. The molecule has 2 heterocycles. The molecule has 0 aromatic heterocycles. The molecule has 0 spiro atoms. The Hall–Kier alpha value is -1.40. The Labute approximate surface area is 138 Å². The Kier molecular flexibility index (Phi) is 4.73. The molecule has 0 bridgehead atoms. The molecular weight excluding hydrogens is 312 g/mol. The van der Waals surface area contributed by atoms with Gasteiger partial charge in [-0.3, -0.25) is 4.79 Å². The first-order valence-corrected chi connectivity index (χ1v) is 9.83. The lowest BCUT2D eigenvalue weighted by molar-refractivity contribution is -0.137. The van der Waals surface area contributed by atoms with E-state index < -0.39 is 16.1 Å². The maximum absolute atomic E-state index is 12.9. The second kappa shape index (κ2) is 6.61. The lowest BCUT2D eigenvalue weighted by Crippen LogP contribution is -2.51. The number of hydrogen-bond acceptors (Lipinski definition) is 3. The van der Waals surface area contributed by atoms with Crippen LogP contribution in [-0.4, -0.2) is 48.7 Å². The number of carbonyl (C=O) groups excluding carboxylic acids is 1. The van der Waals surface area contributed by atoms with Crippen LogP contribution in [-0.2, 0) is 14.8 Å². The van der Waals surface area contributed by atoms with Gasteiger partial charge in [-0.1, -0.05) is 18.2 Å². The Morgan fingerprint density at radius 1 is 1.04 bits per heavy atom. The summed E-state index contributed by atoms with van der Waals surface area (Å²) in [7, 11) is -3.60. The summed E-state index contributed by atoms with van der Waals surface area (Å²) >= 11 is 0. The van der Waals surface area contributed by atoms with E-state index in [-0.39, 0.29) is 16.8 Å². The molecule has 1 aromatic carbocycles. The van der Waals surface area contributed by atoms with Crippen LogP contribution < -0.4 is 0 Å². The summed E-state index contributed by atoms with van der Waals surface area (Å²) in [4.78, 5) is 15.1. The van der Waals surface area contributed by atoms with E-state index in [1.165, 1.54) is 4.31 Å². The first-order valence-electron chi connectivity index (χ1n) is 8.39. The lowest BCUT2D eigenvalue weighted by Gasteiger charge is -2.36. The van der Waals surface area contributed by atoms with Crippen molar-refractivity contribution in [1.29, 1.82) is 0 Å². The van der Waals surface area contributed by atoms with E-state index in [1.54, 1.807) is 30.3 Å². The van der Waals surface area contributed by atoms with Gasteiger partial charge in [-0.2, -0.15) is 4.31 Å². The minimum Gasteiger partial charge on any atom is -0.339 e. The van der Waals surface area contributed by atoms with Crippen LogP contribution in [0.25, 0.3) is 0 Å². The maximum Gasteiger partial charge on any atom is 0.243 e. The lowest BCUT2D eigenvalue weighted by atomic mass is 10.0. The number of sulfonamides is 1. The van der Waals surface area contributed by atoms with Crippen molar-refractivity contribution in [3.05, 3.63) is 30.3 Å². The Balaban J connectivity index is 1.84. The number of piperidine rings is 1. The molecule has 3 rings (SSSR count). The standard InChI is InChI=1S/C17H24N2O3S/c1-14-8-5-6-12-18(14)17(20)16-11-7-13-19(16)23(21,22)15-9-3-2-4-10-15/h2-4,9-10,14,16H,5-8,11-13H2,1H3. The van der Waals surface area contributed by atoms with Crippen LogP contribution in [0, 0.1) is 0 Å². The van der Waals surface area contributed by atoms with Crippen LogP contribution in [0.15, 0.2) is 35.2 Å². The van der Waals surface area contributed by atoms with Crippen LogP contribution in [0.3, 0.4) is 0 Å². The molecule has 6 heteroatoms. The average molecular weight is 336 g/mol. The Bertz CT molecular complexity index is 660. The van der Waals surface area contributed by atoms with E-state index in [1.807, 2.05) is 4.90 Å². The zero-order valence-electron chi connectivity index (χ0n) is 13.5. The van der Waals surface area contributed by atoms with Gasteiger partial charge in [0.15, 0.2) is 0 Å². The van der Waals surface area contributed by atoms with Gasteiger partial charge in [0.05, 0.1) is 4.90 Å². The van der Waals surface area contributed by atoms with Gasteiger partial charge in [0.2, 0.25) is 15.9 Å². The molecule has 0 radical (unpaired) electrons. The van der Waals surface area contributed by atoms with Crippen molar-refractivity contribution in [2.75, 3.05) is 13.1 Å². The number of nitrogens with zero attached hydrogens (tertiary/aromatic N) is 2. The average Bonchev–Trinajstić information content (AvgIpc) is 3.06. The summed E-state index contributed by atoms with van der Waals surface area (Å²) in [5, 5.41) is 0. The maximum atomic E-state index is 12.9. The first-order chi connectivity index (χ1) is 11.0. The van der Waals surface area contributed by atoms with E-state index >= 15 is 0 Å². The molecule has 23 heavy (non-hydrogen) atoms. The highest BCUT2D eigenvalue weighted by Crippen LogP contribution is 2.29. The van der Waals surface area contributed by atoms with Crippen molar-refractivity contribution in [1.82, 2.24) is 9.21 Å². The summed E-state index contributed by atoms with van der Waals surface area (Å²) in [5.74, 6) is -0.0193. The summed E-state index contributed by atoms with van der Waals surface area (Å²) in [5.41, 5.74) is 0. The molecule has 5 nitrogen and oxygen atoms in total. The normalized spacial score (nSPS) is 26.4. The third kappa shape index (κ3) is 3.15. The van der Waals surface area contributed by atoms with Gasteiger partial charge in [-0.25, -0.2) is 8.42 Å². The van der Waals surface area contributed by atoms with Crippen LogP contribution in [0.4, 0.5) is 0 Å². The van der Waals surface area contributed by atoms with Crippen LogP contribution in [0.5, 0.6) is 0 Å². The van der Waals surface area contributed by atoms with Gasteiger partial charge in [0, 0.05) is 19.1 Å². The molecule has 2 aliphatic heterocycles. The van der Waals surface area contributed by atoms with E-state index in [4.69, 9.17) is 0 Å². The number of likely N-dealkylation sites (tertiary alicyclic amines) is 1. The van der Waals surface area contributed by atoms with E-state index in [9.17, 15) is 13.2 Å². The van der Waals surface area contributed by atoms with E-state index in [0.717, 1.165) is 32.2 Å². The molecule has 0 saturated carbocycles. The second-order valence-electron chi connectivity index (χ2n) is 6.46. The molecule has 2 aliphatic rings. The highest BCUT2D eigenvalue weighted by molar-refractivity contribution is 7.89. The predicted molar refractivity (Wildman–Crippen MR) is 88.4 cm³/mol. The topological polar surface area (TPSA) is 57.7 Å². The van der Waals surface area contributed by atoms with Crippen LogP contribution in [0.2, 0.25) is 0 Å². The van der Waals surface area contributed by atoms with Crippen molar-refractivity contribution in [2.24, 2.45) is 0 Å². The summed E-state index contributed by atoms with van der Waals surface area (Å²) < 4.78 is 27.1. The number of benzene rings is 1. The molecule has 2 unspecified atom stereocenters. The summed E-state index contributed by atoms with van der Waals surface area (Å²) in [6.45, 7) is 3.23. The Morgan fingerprint density at radius 3 is 2.48 bits per heavy atom. The predicted octanol–water partition coefficient (Wildman–Crippen LogP) is 2.24. The van der Waals surface area contributed by atoms with Gasteiger partial charge < -0.3 is 4.90 Å². The van der Waals surface area contributed by atoms with Gasteiger partial charge in [-0.05, 0) is 51.2 Å². The minimum atomic E-state index is -3.60. The molecule has 1 aromatic rings. The van der Waals surface area contributed by atoms with E-state index in [0.29, 0.717) is 13.0 Å². The molecule has 2 fully saturated rings. The van der Waals surface area contributed by atoms with Crippen molar-refractivity contribution >= 4 is 15.9 Å². The first kappa shape index (κ1) is 16.5. The third-order valence-electron chi connectivity index (χ3n) is 4.92. The highest BCUT2D eigenvalue weighted by Gasteiger charge is 2.42. The number of carbonyl (C=O) groups is 1. The van der Waals surface area contributed by atoms with Crippen LogP contribution >= 0.6 is 0 Å². The highest BCUT2D eigenvalue weighted by atomic mass is 32.2. The summed E-state index contributed by atoms with van der Waals surface area (Å²) in [6, 6.07) is 8.08. The zero-order chi connectivity index (χ0) is 16.4. The van der Waals surface area contributed by atoms with Crippen LogP contribution in [0.1, 0.15) is 39.0 Å². The number of rotatable bonds is 3. The SMILES string of the molecule is CC1CCCCN1C(=O)C1CCCN1S(=O)(=O)c1ccccc1. The van der Waals surface area contributed by atoms with Crippen molar-refractivity contribution in [3.8, 4) is 0 Å². The fraction of sp³-hybridized carbons (Fsp3) is 0.588. The fourth-order valence-electron chi connectivity index (χ4n) is 3.62. The molecule has 126 valence electrons. The second-order valence-corrected chi connectivity index (χ2v) is 8.35. The fourth-order valence-corrected chi connectivity index (χ4v) is 5.29. The van der Waals surface area contributed by atoms with Crippen molar-refractivity contribution in [2.45, 2.75) is 56.0 Å². The zero-order valence-corrected chi connectivity index (χ0v) is 14.3. The summed E-state index contributed by atoms with van der Waals surface area (Å²) in [6.07, 6.45) is 4.51. The van der Waals surface area contributed by atoms with Gasteiger partial charge >= 0.3 is 0 Å². The molecule has 0 aliphatic carbocycles. The van der Waals surface area contributed by atoms with Gasteiger partial charge in [-0.15, -0.1) is 0 Å². The van der Waals surface area contributed by atoms with Crippen molar-refractivity contribution < 1.29 is 13.2 Å². The van der Waals surface area contributed by atoms with Gasteiger partial charge in [0.1, 0.15) is 6.04 Å². The number of amides is 1. The minimum absolute atomic E-state index is 0.0193.